The number of likely N-dealkylation sites (tertiary alicyclic amines) is 1. The van der Waals surface area contributed by atoms with Crippen LogP contribution in [0.5, 0.6) is 0 Å². The third-order valence-corrected chi connectivity index (χ3v) is 9.71. The van der Waals surface area contributed by atoms with E-state index < -0.39 is 78.3 Å². The van der Waals surface area contributed by atoms with Crippen molar-refractivity contribution in [1.29, 1.82) is 0 Å². The monoisotopic (exact) mass is 715 g/mol. The van der Waals surface area contributed by atoms with Crippen LogP contribution < -0.4 is 9.80 Å². The lowest BCUT2D eigenvalue weighted by atomic mass is 9.87. The molecule has 2 saturated heterocycles. The predicted molar refractivity (Wildman–Crippen MR) is 166 cm³/mol. The van der Waals surface area contributed by atoms with Gasteiger partial charge in [0.2, 0.25) is 5.95 Å². The number of carboxylic acids is 1. The van der Waals surface area contributed by atoms with Gasteiger partial charge in [-0.15, -0.1) is 0 Å². The molecular formula is C33H39F6N5O6. The Morgan fingerprint density at radius 3 is 1.96 bits per heavy atom. The van der Waals surface area contributed by atoms with Crippen LogP contribution in [-0.4, -0.2) is 75.5 Å². The summed E-state index contributed by atoms with van der Waals surface area (Å²) < 4.78 is 93.5. The Morgan fingerprint density at radius 1 is 0.940 bits per heavy atom. The third kappa shape index (κ3) is 8.34. The number of aliphatic carboxylic acids is 1. The van der Waals surface area contributed by atoms with Gasteiger partial charge < -0.3 is 24.4 Å². The molecule has 2 aromatic rings. The number of carboxylic acid groups (broad SMARTS) is 1. The van der Waals surface area contributed by atoms with E-state index in [0.29, 0.717) is 56.3 Å². The maximum Gasteiger partial charge on any atom is 0.416 e. The normalized spacial score (nSPS) is 24.6. The first kappa shape index (κ1) is 37.0. The molecule has 1 aromatic carbocycles. The summed E-state index contributed by atoms with van der Waals surface area (Å²) in [5.41, 5.74) is -2.84. The molecule has 11 nitrogen and oxygen atoms in total. The molecule has 0 bridgehead atoms. The van der Waals surface area contributed by atoms with Gasteiger partial charge in [-0.25, -0.2) is 19.6 Å². The first-order chi connectivity index (χ1) is 23.6. The molecule has 3 fully saturated rings. The van der Waals surface area contributed by atoms with Gasteiger partial charge >= 0.3 is 30.5 Å². The third-order valence-electron chi connectivity index (χ3n) is 9.71. The average molecular weight is 716 g/mol. The van der Waals surface area contributed by atoms with Crippen LogP contribution in [0.2, 0.25) is 0 Å². The smallest absolute Gasteiger partial charge is 0.416 e. The van der Waals surface area contributed by atoms with Crippen molar-refractivity contribution in [3.63, 3.8) is 0 Å². The van der Waals surface area contributed by atoms with E-state index in [1.165, 1.54) is 17.3 Å². The summed E-state index contributed by atoms with van der Waals surface area (Å²) in [5.74, 6) is -1.34. The van der Waals surface area contributed by atoms with Crippen LogP contribution in [0.25, 0.3) is 0 Å². The minimum Gasteiger partial charge on any atom is -0.481 e. The highest BCUT2D eigenvalue weighted by molar-refractivity contribution is 5.88. The lowest BCUT2D eigenvalue weighted by Gasteiger charge is -2.47. The number of halogens is 6. The van der Waals surface area contributed by atoms with Crippen molar-refractivity contribution < 1.29 is 55.3 Å². The van der Waals surface area contributed by atoms with Gasteiger partial charge in [0.05, 0.1) is 41.7 Å². The van der Waals surface area contributed by atoms with E-state index in [2.05, 4.69) is 9.97 Å². The molecule has 3 aliphatic rings. The van der Waals surface area contributed by atoms with E-state index in [1.807, 2.05) is 13.8 Å². The number of hydrogen-bond donors (Lipinski definition) is 1. The SMILES string of the molecule is CC[C@@H]1C[C@H](N(Cc2cc(C(F)(F)F)cc(C(F)(F)F)c2)c2ncc(N3CCOC3=O)cn2)C[C@H](CC)N1C(=O)OC1CCC(C(=O)O)CC1. The summed E-state index contributed by atoms with van der Waals surface area (Å²) in [7, 11) is 0. The highest BCUT2D eigenvalue weighted by Crippen LogP contribution is 2.39. The lowest BCUT2D eigenvalue weighted by Crippen LogP contribution is -2.57. The fraction of sp³-hybridized carbons (Fsp3) is 0.606. The molecule has 1 N–H and O–H groups in total. The van der Waals surface area contributed by atoms with Gasteiger partial charge in [-0.1, -0.05) is 13.8 Å². The molecule has 0 radical (unpaired) electrons. The number of cyclic esters (lactones) is 1. The number of piperidine rings is 1. The minimum atomic E-state index is -5.04. The van der Waals surface area contributed by atoms with Crippen LogP contribution in [0.3, 0.4) is 0 Å². The zero-order valence-corrected chi connectivity index (χ0v) is 27.5. The van der Waals surface area contributed by atoms with Gasteiger partial charge in [0.25, 0.3) is 0 Å². The number of carbonyl (C=O) groups excluding carboxylic acids is 2. The maximum atomic E-state index is 13.8. The van der Waals surface area contributed by atoms with Crippen LogP contribution in [0.15, 0.2) is 30.6 Å². The second kappa shape index (κ2) is 14.9. The molecule has 5 rings (SSSR count). The molecule has 2 aliphatic heterocycles. The second-order valence-electron chi connectivity index (χ2n) is 12.9. The quantitative estimate of drug-likeness (QED) is 0.267. The largest absolute Gasteiger partial charge is 0.481 e. The first-order valence-corrected chi connectivity index (χ1v) is 16.6. The summed E-state index contributed by atoms with van der Waals surface area (Å²) in [6.07, 6.45) is -5.86. The number of alkyl halides is 6. The molecule has 2 amide bonds. The summed E-state index contributed by atoms with van der Waals surface area (Å²) in [6, 6.07) is 0.0946. The van der Waals surface area contributed by atoms with Crippen molar-refractivity contribution in [1.82, 2.24) is 14.9 Å². The fourth-order valence-electron chi connectivity index (χ4n) is 7.06. The molecule has 1 aromatic heterocycles. The first-order valence-electron chi connectivity index (χ1n) is 16.6. The van der Waals surface area contributed by atoms with Gasteiger partial charge in [0, 0.05) is 24.7 Å². The zero-order valence-electron chi connectivity index (χ0n) is 27.5. The van der Waals surface area contributed by atoms with E-state index in [-0.39, 0.29) is 43.6 Å². The minimum absolute atomic E-state index is 0.0215. The summed E-state index contributed by atoms with van der Waals surface area (Å²) in [5, 5.41) is 9.31. The van der Waals surface area contributed by atoms with Crippen molar-refractivity contribution in [3.8, 4) is 0 Å². The van der Waals surface area contributed by atoms with E-state index in [4.69, 9.17) is 9.47 Å². The Kier molecular flexibility index (Phi) is 11.0. The number of carbonyl (C=O) groups is 3. The average Bonchev–Trinajstić information content (AvgIpc) is 3.51. The Labute approximate surface area is 284 Å². The molecule has 50 heavy (non-hydrogen) atoms. The number of rotatable bonds is 9. The van der Waals surface area contributed by atoms with Crippen LogP contribution in [0, 0.1) is 5.92 Å². The lowest BCUT2D eigenvalue weighted by molar-refractivity contribution is -0.144. The molecule has 17 heteroatoms. The Hall–Kier alpha value is -4.31. The Morgan fingerprint density at radius 2 is 1.50 bits per heavy atom. The highest BCUT2D eigenvalue weighted by atomic mass is 19.4. The summed E-state index contributed by atoms with van der Waals surface area (Å²) in [6.45, 7) is 3.73. The van der Waals surface area contributed by atoms with Gasteiger partial charge in [-0.05, 0) is 75.1 Å². The van der Waals surface area contributed by atoms with Gasteiger partial charge in [0.1, 0.15) is 12.7 Å². The van der Waals surface area contributed by atoms with Crippen LogP contribution >= 0.6 is 0 Å². The van der Waals surface area contributed by atoms with Crippen molar-refractivity contribution in [2.45, 2.75) is 108 Å². The van der Waals surface area contributed by atoms with Gasteiger partial charge in [-0.3, -0.25) is 9.69 Å². The molecule has 1 saturated carbocycles. The molecule has 3 atom stereocenters. The predicted octanol–water partition coefficient (Wildman–Crippen LogP) is 7.28. The Balaban J connectivity index is 1.45. The van der Waals surface area contributed by atoms with Gasteiger partial charge in [-0.2, -0.15) is 26.3 Å². The van der Waals surface area contributed by atoms with E-state index in [9.17, 15) is 45.8 Å². The van der Waals surface area contributed by atoms with E-state index in [1.54, 1.807) is 9.80 Å². The van der Waals surface area contributed by atoms with Crippen LogP contribution in [0.4, 0.5) is 47.6 Å². The van der Waals surface area contributed by atoms with E-state index in [0.717, 1.165) is 0 Å². The standard InChI is InChI=1S/C33H39F6N5O6/c1-3-23-14-25(15-24(4-2)44(23)31(48)50-27-7-5-20(6-8-27)28(45)46)43(29-40-16-26(17-41-29)42-9-10-49-30(42)47)18-19-11-21(32(34,35)36)13-22(12-19)33(37,38)39/h11-13,16-17,20,23-25,27H,3-10,14-15,18H2,1-2H3,(H,45,46)/t20?,23-,24+,25+,27?. The van der Waals surface area contributed by atoms with Crippen molar-refractivity contribution in [2.75, 3.05) is 23.0 Å². The number of hydrogen-bond acceptors (Lipinski definition) is 8. The molecule has 1 aliphatic carbocycles. The number of ether oxygens (including phenoxy) is 2. The summed E-state index contributed by atoms with van der Waals surface area (Å²) >= 11 is 0. The Bertz CT molecular complexity index is 1490. The topological polar surface area (TPSA) is 125 Å². The number of aromatic nitrogens is 2. The van der Waals surface area contributed by atoms with Crippen LogP contribution in [-0.2, 0) is 33.2 Å². The maximum absolute atomic E-state index is 13.8. The molecule has 0 spiro atoms. The van der Waals surface area contributed by atoms with Crippen LogP contribution in [0.1, 0.15) is 81.9 Å². The number of benzene rings is 1. The molecular weight excluding hydrogens is 676 g/mol. The second-order valence-corrected chi connectivity index (χ2v) is 12.9. The molecule has 0 unspecified atom stereocenters. The highest BCUT2D eigenvalue weighted by Gasteiger charge is 2.43. The van der Waals surface area contributed by atoms with Crippen molar-refractivity contribution in [3.05, 3.63) is 47.3 Å². The van der Waals surface area contributed by atoms with Crippen molar-refractivity contribution in [2.24, 2.45) is 5.92 Å². The number of amides is 2. The zero-order chi connectivity index (χ0) is 36.4. The fourth-order valence-corrected chi connectivity index (χ4v) is 7.06. The number of anilines is 2. The summed E-state index contributed by atoms with van der Waals surface area (Å²) in [4.78, 5) is 50.4. The number of nitrogens with zero attached hydrogens (tertiary/aromatic N) is 5. The molecule has 274 valence electrons. The van der Waals surface area contributed by atoms with Gasteiger partial charge in [0.15, 0.2) is 0 Å². The van der Waals surface area contributed by atoms with Crippen molar-refractivity contribution >= 4 is 29.8 Å². The van der Waals surface area contributed by atoms with E-state index >= 15 is 0 Å². The molecule has 3 heterocycles.